The topological polar surface area (TPSA) is 74.6 Å². The lowest BCUT2D eigenvalue weighted by atomic mass is 9.96. The molecule has 0 fully saturated rings. The SMILES string of the molecule is O=C(NN=CC1CC=CCC1)c1cc(-c2ccccc2O)nc2ccccc12. The molecule has 0 saturated heterocycles. The summed E-state index contributed by atoms with van der Waals surface area (Å²) in [6, 6.07) is 16.1. The summed E-state index contributed by atoms with van der Waals surface area (Å²) in [7, 11) is 0. The standard InChI is InChI=1S/C23H21N3O2/c27-22-13-7-5-11-18(22)21-14-19(17-10-4-6-12-20(17)25-21)23(28)26-24-15-16-8-2-1-3-9-16/h1-2,4-7,10-16,27H,3,8-9H2,(H,26,28). The summed E-state index contributed by atoms with van der Waals surface area (Å²) in [4.78, 5) is 17.5. The largest absolute Gasteiger partial charge is 0.507 e. The lowest BCUT2D eigenvalue weighted by molar-refractivity contribution is 0.0956. The predicted molar refractivity (Wildman–Crippen MR) is 111 cm³/mol. The minimum atomic E-state index is -0.294. The van der Waals surface area contributed by atoms with E-state index in [0.29, 0.717) is 28.3 Å². The molecule has 140 valence electrons. The average molecular weight is 371 g/mol. The number of para-hydroxylation sites is 2. The number of hydrogen-bond acceptors (Lipinski definition) is 4. The number of nitrogens with one attached hydrogen (secondary N) is 1. The van der Waals surface area contributed by atoms with E-state index in [0.717, 1.165) is 24.6 Å². The second-order valence-corrected chi connectivity index (χ2v) is 6.85. The number of aromatic nitrogens is 1. The number of hydrazone groups is 1. The molecule has 1 unspecified atom stereocenters. The molecule has 0 bridgehead atoms. The van der Waals surface area contributed by atoms with Crippen LogP contribution in [0, 0.1) is 5.92 Å². The molecule has 5 nitrogen and oxygen atoms in total. The Labute approximate surface area is 163 Å². The summed E-state index contributed by atoms with van der Waals surface area (Å²) < 4.78 is 0. The molecular weight excluding hydrogens is 350 g/mol. The average Bonchev–Trinajstić information content (AvgIpc) is 2.74. The molecule has 1 aliphatic carbocycles. The molecule has 1 heterocycles. The van der Waals surface area contributed by atoms with Crippen molar-refractivity contribution in [3.8, 4) is 17.0 Å². The fourth-order valence-corrected chi connectivity index (χ4v) is 3.41. The molecule has 5 heteroatoms. The number of nitrogens with zero attached hydrogens (tertiary/aromatic N) is 2. The number of rotatable bonds is 4. The summed E-state index contributed by atoms with van der Waals surface area (Å²) >= 11 is 0. The second-order valence-electron chi connectivity index (χ2n) is 6.85. The van der Waals surface area contributed by atoms with E-state index in [9.17, 15) is 9.90 Å². The van der Waals surface area contributed by atoms with Crippen LogP contribution in [0.2, 0.25) is 0 Å². The van der Waals surface area contributed by atoms with Crippen molar-refractivity contribution in [2.24, 2.45) is 11.0 Å². The molecule has 2 N–H and O–H groups in total. The van der Waals surface area contributed by atoms with Gasteiger partial charge in [-0.3, -0.25) is 4.79 Å². The molecule has 4 rings (SSSR count). The zero-order valence-corrected chi connectivity index (χ0v) is 15.4. The molecule has 28 heavy (non-hydrogen) atoms. The number of hydrogen-bond donors (Lipinski definition) is 2. The number of carbonyl (C=O) groups excluding carboxylic acids is 1. The monoisotopic (exact) mass is 371 g/mol. The maximum Gasteiger partial charge on any atom is 0.272 e. The first kappa shape index (κ1) is 17.9. The lowest BCUT2D eigenvalue weighted by Gasteiger charge is -2.12. The molecule has 1 amide bonds. The highest BCUT2D eigenvalue weighted by molar-refractivity contribution is 6.07. The van der Waals surface area contributed by atoms with Gasteiger partial charge in [0.1, 0.15) is 5.75 Å². The summed E-state index contributed by atoms with van der Waals surface area (Å²) in [5.74, 6) is 0.189. The number of phenolic OH excluding ortho intramolecular Hbond substituents is 1. The Bertz CT molecular complexity index is 1070. The predicted octanol–water partition coefficient (Wildman–Crippen LogP) is 4.68. The van der Waals surface area contributed by atoms with Gasteiger partial charge in [0.15, 0.2) is 0 Å². The third-order valence-corrected chi connectivity index (χ3v) is 4.90. The van der Waals surface area contributed by atoms with Crippen LogP contribution in [0.3, 0.4) is 0 Å². The number of pyridine rings is 1. The number of aromatic hydroxyl groups is 1. The van der Waals surface area contributed by atoms with Crippen molar-refractivity contribution in [3.63, 3.8) is 0 Å². The van der Waals surface area contributed by atoms with Crippen LogP contribution in [0.15, 0.2) is 71.9 Å². The van der Waals surface area contributed by atoms with Crippen LogP contribution >= 0.6 is 0 Å². The summed E-state index contributed by atoms with van der Waals surface area (Å²) in [5.41, 5.74) is 4.94. The van der Waals surface area contributed by atoms with Crippen LogP contribution < -0.4 is 5.43 Å². The van der Waals surface area contributed by atoms with E-state index in [4.69, 9.17) is 0 Å². The van der Waals surface area contributed by atoms with Crippen molar-refractivity contribution in [1.29, 1.82) is 0 Å². The highest BCUT2D eigenvalue weighted by atomic mass is 16.3. The molecule has 0 radical (unpaired) electrons. The highest BCUT2D eigenvalue weighted by Gasteiger charge is 2.15. The molecule has 0 saturated carbocycles. The van der Waals surface area contributed by atoms with Crippen LogP contribution in [0.25, 0.3) is 22.2 Å². The Kier molecular flexibility index (Phi) is 5.15. The summed E-state index contributed by atoms with van der Waals surface area (Å²) in [5, 5.41) is 15.1. The Hall–Kier alpha value is -3.47. The normalized spacial score (nSPS) is 16.5. The Balaban J connectivity index is 1.67. The van der Waals surface area contributed by atoms with Crippen LogP contribution in [0.5, 0.6) is 5.75 Å². The van der Waals surface area contributed by atoms with Crippen molar-refractivity contribution in [1.82, 2.24) is 10.4 Å². The molecule has 0 aliphatic heterocycles. The van der Waals surface area contributed by atoms with E-state index in [2.05, 4.69) is 27.7 Å². The fourth-order valence-electron chi connectivity index (χ4n) is 3.41. The van der Waals surface area contributed by atoms with Crippen LogP contribution in [0.4, 0.5) is 0 Å². The number of amides is 1. The molecule has 1 atom stereocenters. The molecular formula is C23H21N3O2. The van der Waals surface area contributed by atoms with Gasteiger partial charge in [-0.05, 0) is 49.4 Å². The minimum absolute atomic E-state index is 0.125. The van der Waals surface area contributed by atoms with E-state index in [-0.39, 0.29) is 11.7 Å². The van der Waals surface area contributed by atoms with Crippen molar-refractivity contribution >= 4 is 23.0 Å². The van der Waals surface area contributed by atoms with Crippen molar-refractivity contribution in [3.05, 3.63) is 72.3 Å². The van der Waals surface area contributed by atoms with Gasteiger partial charge in [0.25, 0.3) is 5.91 Å². The Morgan fingerprint density at radius 2 is 1.96 bits per heavy atom. The van der Waals surface area contributed by atoms with Gasteiger partial charge >= 0.3 is 0 Å². The highest BCUT2D eigenvalue weighted by Crippen LogP contribution is 2.30. The van der Waals surface area contributed by atoms with E-state index < -0.39 is 0 Å². The number of benzene rings is 2. The molecule has 0 spiro atoms. The minimum Gasteiger partial charge on any atom is -0.507 e. The van der Waals surface area contributed by atoms with E-state index in [1.807, 2.05) is 36.5 Å². The van der Waals surface area contributed by atoms with Crippen molar-refractivity contribution < 1.29 is 9.90 Å². The Morgan fingerprint density at radius 3 is 2.79 bits per heavy atom. The zero-order valence-electron chi connectivity index (χ0n) is 15.4. The maximum atomic E-state index is 12.8. The van der Waals surface area contributed by atoms with E-state index in [1.54, 1.807) is 24.3 Å². The molecule has 3 aromatic rings. The third-order valence-electron chi connectivity index (χ3n) is 4.90. The first-order valence-electron chi connectivity index (χ1n) is 9.39. The molecule has 1 aromatic heterocycles. The lowest BCUT2D eigenvalue weighted by Crippen LogP contribution is -2.19. The van der Waals surface area contributed by atoms with Gasteiger partial charge in [-0.25, -0.2) is 10.4 Å². The van der Waals surface area contributed by atoms with Crippen LogP contribution in [-0.2, 0) is 0 Å². The maximum absolute atomic E-state index is 12.8. The molecule has 1 aliphatic rings. The number of phenols is 1. The molecule has 2 aromatic carbocycles. The number of fused-ring (bicyclic) bond motifs is 1. The first-order chi connectivity index (χ1) is 13.7. The smallest absolute Gasteiger partial charge is 0.272 e. The van der Waals surface area contributed by atoms with Gasteiger partial charge < -0.3 is 5.11 Å². The number of carbonyl (C=O) groups is 1. The number of allylic oxidation sites excluding steroid dienone is 2. The summed E-state index contributed by atoms with van der Waals surface area (Å²) in [6.45, 7) is 0. The van der Waals surface area contributed by atoms with E-state index in [1.165, 1.54) is 0 Å². The first-order valence-corrected chi connectivity index (χ1v) is 9.39. The third kappa shape index (κ3) is 3.78. The van der Waals surface area contributed by atoms with Gasteiger partial charge in [-0.15, -0.1) is 0 Å². The second kappa shape index (κ2) is 8.05. The zero-order chi connectivity index (χ0) is 19.3. The van der Waals surface area contributed by atoms with E-state index >= 15 is 0 Å². The van der Waals surface area contributed by atoms with Gasteiger partial charge in [0.05, 0.1) is 16.8 Å². The van der Waals surface area contributed by atoms with Gasteiger partial charge in [0.2, 0.25) is 0 Å². The van der Waals surface area contributed by atoms with Gasteiger partial charge in [-0.1, -0.05) is 42.5 Å². The van der Waals surface area contributed by atoms with Crippen LogP contribution in [0.1, 0.15) is 29.6 Å². The van der Waals surface area contributed by atoms with Crippen molar-refractivity contribution in [2.75, 3.05) is 0 Å². The summed E-state index contributed by atoms with van der Waals surface area (Å²) in [6.07, 6.45) is 9.18. The van der Waals surface area contributed by atoms with Gasteiger partial charge in [0, 0.05) is 17.2 Å². The van der Waals surface area contributed by atoms with Crippen molar-refractivity contribution in [2.45, 2.75) is 19.3 Å². The Morgan fingerprint density at radius 1 is 1.14 bits per heavy atom. The van der Waals surface area contributed by atoms with Gasteiger partial charge in [-0.2, -0.15) is 5.10 Å². The van der Waals surface area contributed by atoms with Crippen LogP contribution in [-0.4, -0.2) is 22.2 Å². The fraction of sp³-hybridized carbons (Fsp3) is 0.174. The quantitative estimate of drug-likeness (QED) is 0.397.